The van der Waals surface area contributed by atoms with Crippen molar-refractivity contribution in [1.82, 2.24) is 0 Å². The maximum atomic E-state index is 12.7. The number of esters is 3. The smallest absolute Gasteiger partial charge is 0.306 e. The van der Waals surface area contributed by atoms with E-state index in [0.717, 1.165) is 64.2 Å². The molecule has 1 atom stereocenters. The summed E-state index contributed by atoms with van der Waals surface area (Å²) >= 11 is 0. The molecular weight excluding hydrogens is 697 g/mol. The van der Waals surface area contributed by atoms with Gasteiger partial charge in [0.2, 0.25) is 0 Å². The van der Waals surface area contributed by atoms with Crippen molar-refractivity contribution in [2.75, 3.05) is 13.2 Å². The number of hydrogen-bond acceptors (Lipinski definition) is 6. The van der Waals surface area contributed by atoms with Crippen LogP contribution in [-0.4, -0.2) is 37.2 Å². The quantitative estimate of drug-likeness (QED) is 0.0264. The van der Waals surface area contributed by atoms with Crippen LogP contribution in [-0.2, 0) is 28.6 Å². The first kappa shape index (κ1) is 54.2. The van der Waals surface area contributed by atoms with E-state index in [0.29, 0.717) is 19.3 Å². The summed E-state index contributed by atoms with van der Waals surface area (Å²) in [7, 11) is 0. The number of hydrogen-bond donors (Lipinski definition) is 0. The van der Waals surface area contributed by atoms with Gasteiger partial charge in [-0.15, -0.1) is 0 Å². The summed E-state index contributed by atoms with van der Waals surface area (Å²) in [6, 6.07) is 0. The van der Waals surface area contributed by atoms with E-state index in [1.165, 1.54) is 167 Å². The first-order valence-corrected chi connectivity index (χ1v) is 24.7. The highest BCUT2D eigenvalue weighted by Crippen LogP contribution is 2.16. The van der Waals surface area contributed by atoms with Crippen LogP contribution < -0.4 is 0 Å². The molecule has 0 fully saturated rings. The highest BCUT2D eigenvalue weighted by molar-refractivity contribution is 5.71. The molecule has 56 heavy (non-hydrogen) atoms. The van der Waals surface area contributed by atoms with Crippen LogP contribution >= 0.6 is 0 Å². The fourth-order valence-electron chi connectivity index (χ4n) is 7.26. The van der Waals surface area contributed by atoms with E-state index < -0.39 is 6.10 Å². The molecule has 0 aliphatic heterocycles. The number of ether oxygens (including phenoxy) is 3. The van der Waals surface area contributed by atoms with Crippen LogP contribution in [0.5, 0.6) is 0 Å². The molecule has 0 heterocycles. The summed E-state index contributed by atoms with van der Waals surface area (Å²) in [5, 5.41) is 0. The molecule has 0 radical (unpaired) electrons. The molecule has 0 N–H and O–H groups in total. The molecule has 0 saturated carbocycles. The SMILES string of the molecule is CCCCCCC/C=C\CCCCCCCC(=O)OC(COC(=O)CCCCCCCCCCC)COC(=O)CCCCCCCCCCCCCCCCC. The van der Waals surface area contributed by atoms with Crippen molar-refractivity contribution in [3.8, 4) is 0 Å². The summed E-state index contributed by atoms with van der Waals surface area (Å²) in [4.78, 5) is 37.8. The number of rotatable bonds is 45. The largest absolute Gasteiger partial charge is 0.462 e. The Morgan fingerprint density at radius 1 is 0.339 bits per heavy atom. The monoisotopic (exact) mass is 791 g/mol. The van der Waals surface area contributed by atoms with E-state index in [1.54, 1.807) is 0 Å². The molecule has 0 aromatic rings. The molecule has 0 bridgehead atoms. The van der Waals surface area contributed by atoms with Gasteiger partial charge in [-0.1, -0.05) is 219 Å². The van der Waals surface area contributed by atoms with Gasteiger partial charge in [0.1, 0.15) is 13.2 Å². The molecule has 0 aromatic carbocycles. The van der Waals surface area contributed by atoms with Crippen molar-refractivity contribution in [2.24, 2.45) is 0 Å². The molecule has 0 amide bonds. The van der Waals surface area contributed by atoms with Gasteiger partial charge < -0.3 is 14.2 Å². The normalized spacial score (nSPS) is 12.0. The predicted molar refractivity (Wildman–Crippen MR) is 238 cm³/mol. The molecular formula is C50H94O6. The second-order valence-electron chi connectivity index (χ2n) is 16.7. The molecule has 6 heteroatoms. The summed E-state index contributed by atoms with van der Waals surface area (Å²) in [6.07, 6.45) is 49.1. The Kier molecular flexibility index (Phi) is 44.3. The van der Waals surface area contributed by atoms with E-state index in [1.807, 2.05) is 0 Å². The van der Waals surface area contributed by atoms with Gasteiger partial charge in [0.05, 0.1) is 0 Å². The molecule has 330 valence electrons. The second-order valence-corrected chi connectivity index (χ2v) is 16.7. The number of unbranched alkanes of at least 4 members (excludes halogenated alkanes) is 32. The third-order valence-electron chi connectivity index (χ3n) is 11.0. The molecule has 0 rings (SSSR count). The first-order valence-electron chi connectivity index (χ1n) is 24.7. The fraction of sp³-hybridized carbons (Fsp3) is 0.900. The van der Waals surface area contributed by atoms with E-state index in [4.69, 9.17) is 14.2 Å². The highest BCUT2D eigenvalue weighted by atomic mass is 16.6. The summed E-state index contributed by atoms with van der Waals surface area (Å²) in [5.74, 6) is -0.867. The van der Waals surface area contributed by atoms with E-state index in [9.17, 15) is 14.4 Å². The predicted octanol–water partition coefficient (Wildman–Crippen LogP) is 15.8. The molecule has 0 aromatic heterocycles. The Bertz CT molecular complexity index is 870. The number of carbonyl (C=O) groups excluding carboxylic acids is 3. The Balaban J connectivity index is 4.30. The zero-order chi connectivity index (χ0) is 40.8. The standard InChI is InChI=1S/C50H94O6/c1-4-7-10-13-16-19-21-23-25-27-28-31-34-37-40-43-49(52)55-46-47(45-54-48(51)42-39-36-33-30-18-15-12-9-6-3)56-50(53)44-41-38-35-32-29-26-24-22-20-17-14-11-8-5-2/h22,24,47H,4-21,23,25-46H2,1-3H3/b24-22-. The van der Waals surface area contributed by atoms with Gasteiger partial charge in [0.15, 0.2) is 6.10 Å². The van der Waals surface area contributed by atoms with Gasteiger partial charge in [-0.3, -0.25) is 14.4 Å². The maximum Gasteiger partial charge on any atom is 0.306 e. The first-order chi connectivity index (χ1) is 27.5. The van der Waals surface area contributed by atoms with Crippen molar-refractivity contribution in [1.29, 1.82) is 0 Å². The minimum Gasteiger partial charge on any atom is -0.462 e. The van der Waals surface area contributed by atoms with Crippen molar-refractivity contribution in [3.63, 3.8) is 0 Å². The second kappa shape index (κ2) is 45.8. The Labute approximate surface area is 348 Å². The molecule has 0 spiro atoms. The van der Waals surface area contributed by atoms with Gasteiger partial charge in [0.25, 0.3) is 0 Å². The summed E-state index contributed by atoms with van der Waals surface area (Å²) in [5.41, 5.74) is 0. The minimum atomic E-state index is -0.766. The van der Waals surface area contributed by atoms with Crippen molar-refractivity contribution in [3.05, 3.63) is 12.2 Å². The average Bonchev–Trinajstić information content (AvgIpc) is 3.19. The lowest BCUT2D eigenvalue weighted by molar-refractivity contribution is -0.167. The maximum absolute atomic E-state index is 12.7. The van der Waals surface area contributed by atoms with Crippen LogP contribution in [0.4, 0.5) is 0 Å². The van der Waals surface area contributed by atoms with Gasteiger partial charge >= 0.3 is 17.9 Å². The Morgan fingerprint density at radius 2 is 0.589 bits per heavy atom. The number of allylic oxidation sites excluding steroid dienone is 2. The highest BCUT2D eigenvalue weighted by Gasteiger charge is 2.19. The van der Waals surface area contributed by atoms with Crippen LogP contribution in [0.1, 0.15) is 271 Å². The average molecular weight is 791 g/mol. The lowest BCUT2D eigenvalue weighted by atomic mass is 10.0. The molecule has 0 aliphatic rings. The van der Waals surface area contributed by atoms with E-state index >= 15 is 0 Å². The number of carbonyl (C=O) groups is 3. The van der Waals surface area contributed by atoms with E-state index in [-0.39, 0.29) is 31.1 Å². The van der Waals surface area contributed by atoms with Gasteiger partial charge in [0, 0.05) is 19.3 Å². The van der Waals surface area contributed by atoms with Crippen molar-refractivity contribution >= 4 is 17.9 Å². The van der Waals surface area contributed by atoms with Gasteiger partial charge in [-0.25, -0.2) is 0 Å². The molecule has 0 aliphatic carbocycles. The molecule has 0 saturated heterocycles. The third kappa shape index (κ3) is 43.3. The Morgan fingerprint density at radius 3 is 0.893 bits per heavy atom. The Hall–Kier alpha value is -1.85. The topological polar surface area (TPSA) is 78.9 Å². The lowest BCUT2D eigenvalue weighted by Crippen LogP contribution is -2.30. The van der Waals surface area contributed by atoms with Crippen LogP contribution in [0.2, 0.25) is 0 Å². The zero-order valence-corrected chi connectivity index (χ0v) is 37.7. The van der Waals surface area contributed by atoms with Crippen LogP contribution in [0.15, 0.2) is 12.2 Å². The van der Waals surface area contributed by atoms with Crippen LogP contribution in [0.3, 0.4) is 0 Å². The zero-order valence-electron chi connectivity index (χ0n) is 37.7. The summed E-state index contributed by atoms with van der Waals surface area (Å²) in [6.45, 7) is 6.63. The minimum absolute atomic E-state index is 0.0686. The molecule has 6 nitrogen and oxygen atoms in total. The fourth-order valence-corrected chi connectivity index (χ4v) is 7.26. The molecule has 1 unspecified atom stereocenters. The van der Waals surface area contributed by atoms with Crippen LogP contribution in [0, 0.1) is 0 Å². The lowest BCUT2D eigenvalue weighted by Gasteiger charge is -2.18. The van der Waals surface area contributed by atoms with Crippen molar-refractivity contribution in [2.45, 2.75) is 277 Å². The van der Waals surface area contributed by atoms with Crippen molar-refractivity contribution < 1.29 is 28.6 Å². The summed E-state index contributed by atoms with van der Waals surface area (Å²) < 4.78 is 16.7. The van der Waals surface area contributed by atoms with Crippen LogP contribution in [0.25, 0.3) is 0 Å². The van der Waals surface area contributed by atoms with Gasteiger partial charge in [-0.05, 0) is 44.9 Å². The third-order valence-corrected chi connectivity index (χ3v) is 11.0. The van der Waals surface area contributed by atoms with E-state index in [2.05, 4.69) is 32.9 Å². The van der Waals surface area contributed by atoms with Gasteiger partial charge in [-0.2, -0.15) is 0 Å².